The second-order valence-electron chi connectivity index (χ2n) is 6.45. The van der Waals surface area contributed by atoms with Gasteiger partial charge in [-0.05, 0) is 0 Å². The van der Waals surface area contributed by atoms with Crippen LogP contribution in [0.3, 0.4) is 0 Å². The number of hydrogen-bond acceptors (Lipinski definition) is 4. The molecule has 0 saturated carbocycles. The Balaban J connectivity index is 4.89. The topological polar surface area (TPSA) is 13.0 Å². The number of hydrogen-bond donors (Lipinski definition) is 0. The van der Waals surface area contributed by atoms with Crippen LogP contribution in [0.4, 0.5) is 0 Å². The van der Waals surface area contributed by atoms with Gasteiger partial charge in [0.1, 0.15) is 0 Å². The van der Waals surface area contributed by atoms with Crippen LogP contribution in [0.5, 0.6) is 0 Å². The summed E-state index contributed by atoms with van der Waals surface area (Å²) in [6.07, 6.45) is 0. The van der Waals surface area contributed by atoms with Gasteiger partial charge in [-0.1, -0.05) is 0 Å². The first-order valence-electron chi connectivity index (χ1n) is 6.26. The summed E-state index contributed by atoms with van der Waals surface area (Å²) in [6, 6.07) is 0. The number of rotatable bonds is 8. The molecule has 0 aliphatic carbocycles. The SMILES string of the molecule is CN(C)[CH2][Ge]([CH2]N(C)C)([CH2]N(C)C)[CH2]N(C)C. The van der Waals surface area contributed by atoms with Gasteiger partial charge in [-0.25, -0.2) is 0 Å². The van der Waals surface area contributed by atoms with Gasteiger partial charge in [0.05, 0.1) is 0 Å². The molecule has 0 aliphatic heterocycles. The summed E-state index contributed by atoms with van der Waals surface area (Å²) in [5, 5.41) is 5.20. The average molecular weight is 305 g/mol. The fraction of sp³-hybridized carbons (Fsp3) is 1.00. The standard InChI is InChI=1S/C12H32GeN4/c1-14(2)9-13(10-15(3)4,11-16(5)6)12-17(7)8/h9-12H2,1-8H3. The summed E-state index contributed by atoms with van der Waals surface area (Å²) >= 11 is -1.92. The summed E-state index contributed by atoms with van der Waals surface area (Å²) in [5.41, 5.74) is 0. The Morgan fingerprint density at radius 1 is 0.471 bits per heavy atom. The fourth-order valence-corrected chi connectivity index (χ4v) is 15.5. The van der Waals surface area contributed by atoms with E-state index in [9.17, 15) is 0 Å². The fourth-order valence-electron chi connectivity index (χ4n) is 2.98. The molecular formula is C12H32GeN4. The van der Waals surface area contributed by atoms with Gasteiger partial charge in [0, 0.05) is 0 Å². The maximum atomic E-state index is 2.39. The molecule has 0 aromatic heterocycles. The summed E-state index contributed by atoms with van der Waals surface area (Å²) in [4.78, 5) is 9.54. The first-order chi connectivity index (χ1) is 7.67. The molecule has 0 aromatic carbocycles. The molecule has 0 rings (SSSR count). The Kier molecular flexibility index (Phi) is 7.91. The van der Waals surface area contributed by atoms with Crippen molar-refractivity contribution in [1.29, 1.82) is 0 Å². The molecule has 4 nitrogen and oxygen atoms in total. The third kappa shape index (κ3) is 8.16. The normalized spacial score (nSPS) is 13.4. The average Bonchev–Trinajstić information content (AvgIpc) is 1.95. The predicted molar refractivity (Wildman–Crippen MR) is 80.0 cm³/mol. The van der Waals surface area contributed by atoms with Gasteiger partial charge in [0.2, 0.25) is 0 Å². The first kappa shape index (κ1) is 17.4. The zero-order valence-electron chi connectivity index (χ0n) is 13.1. The van der Waals surface area contributed by atoms with E-state index in [1.165, 1.54) is 21.5 Å². The second-order valence-corrected chi connectivity index (χ2v) is 15.4. The van der Waals surface area contributed by atoms with E-state index >= 15 is 0 Å². The Hall–Kier alpha value is 0.383. The molecule has 0 radical (unpaired) electrons. The van der Waals surface area contributed by atoms with E-state index < -0.39 is 13.3 Å². The quantitative estimate of drug-likeness (QED) is 0.578. The van der Waals surface area contributed by atoms with Crippen molar-refractivity contribution in [2.45, 2.75) is 0 Å². The van der Waals surface area contributed by atoms with Crippen LogP contribution in [0.25, 0.3) is 0 Å². The van der Waals surface area contributed by atoms with Gasteiger partial charge < -0.3 is 0 Å². The third-order valence-electron chi connectivity index (χ3n) is 2.61. The molecule has 0 N–H and O–H groups in total. The van der Waals surface area contributed by atoms with E-state index in [0.29, 0.717) is 0 Å². The Bertz CT molecular complexity index is 159. The molecule has 0 amide bonds. The van der Waals surface area contributed by atoms with Crippen molar-refractivity contribution < 1.29 is 0 Å². The summed E-state index contributed by atoms with van der Waals surface area (Å²) in [5.74, 6) is 0. The van der Waals surface area contributed by atoms with Gasteiger partial charge in [-0.2, -0.15) is 0 Å². The monoisotopic (exact) mass is 306 g/mol. The molecule has 0 fully saturated rings. The summed E-state index contributed by atoms with van der Waals surface area (Å²) < 4.78 is 0. The van der Waals surface area contributed by atoms with Gasteiger partial charge in [0.15, 0.2) is 0 Å². The van der Waals surface area contributed by atoms with Gasteiger partial charge in [-0.15, -0.1) is 0 Å². The first-order valence-corrected chi connectivity index (χ1v) is 12.2. The van der Waals surface area contributed by atoms with Crippen molar-refractivity contribution in [2.24, 2.45) is 0 Å². The van der Waals surface area contributed by atoms with Crippen molar-refractivity contribution in [3.63, 3.8) is 0 Å². The zero-order valence-corrected chi connectivity index (χ0v) is 15.2. The molecule has 0 heterocycles. The van der Waals surface area contributed by atoms with Crippen molar-refractivity contribution in [3.8, 4) is 0 Å². The third-order valence-corrected chi connectivity index (χ3v) is 13.5. The zero-order chi connectivity index (χ0) is 13.6. The van der Waals surface area contributed by atoms with E-state index in [1.54, 1.807) is 0 Å². The molecule has 104 valence electrons. The summed E-state index contributed by atoms with van der Waals surface area (Å²) in [7, 11) is 17.7. The van der Waals surface area contributed by atoms with Crippen LogP contribution < -0.4 is 0 Å². The minimum absolute atomic E-state index is 1.30. The van der Waals surface area contributed by atoms with Crippen LogP contribution in [-0.2, 0) is 0 Å². The van der Waals surface area contributed by atoms with Crippen molar-refractivity contribution in [2.75, 3.05) is 77.9 Å². The predicted octanol–water partition coefficient (Wildman–Crippen LogP) is -0.162. The van der Waals surface area contributed by atoms with Gasteiger partial charge >= 0.3 is 111 Å². The van der Waals surface area contributed by atoms with E-state index in [1.807, 2.05) is 0 Å². The molecule has 0 bridgehead atoms. The Labute approximate surface area is 111 Å². The van der Waals surface area contributed by atoms with E-state index in [4.69, 9.17) is 0 Å². The van der Waals surface area contributed by atoms with Crippen LogP contribution in [-0.4, -0.2) is 111 Å². The molecule has 0 aliphatic rings. The molecule has 0 saturated heterocycles. The maximum absolute atomic E-state index is 2.39. The van der Waals surface area contributed by atoms with Crippen molar-refractivity contribution in [1.82, 2.24) is 19.6 Å². The van der Waals surface area contributed by atoms with Crippen molar-refractivity contribution in [3.05, 3.63) is 0 Å². The Morgan fingerprint density at radius 3 is 0.765 bits per heavy atom. The molecule has 0 atom stereocenters. The minimum atomic E-state index is -1.92. The van der Waals surface area contributed by atoms with Crippen LogP contribution in [0.1, 0.15) is 0 Å². The van der Waals surface area contributed by atoms with E-state index in [0.717, 1.165) is 0 Å². The Morgan fingerprint density at radius 2 is 0.647 bits per heavy atom. The molecule has 0 unspecified atom stereocenters. The molecular weight excluding hydrogens is 273 g/mol. The van der Waals surface area contributed by atoms with Crippen molar-refractivity contribution >= 4 is 13.3 Å². The van der Waals surface area contributed by atoms with Gasteiger partial charge in [-0.3, -0.25) is 0 Å². The van der Waals surface area contributed by atoms with E-state index in [2.05, 4.69) is 76.0 Å². The van der Waals surface area contributed by atoms with Gasteiger partial charge in [0.25, 0.3) is 0 Å². The summed E-state index contributed by atoms with van der Waals surface area (Å²) in [6.45, 7) is 0. The van der Waals surface area contributed by atoms with Crippen LogP contribution in [0.15, 0.2) is 0 Å². The molecule has 0 aromatic rings. The molecule has 17 heavy (non-hydrogen) atoms. The van der Waals surface area contributed by atoms with Crippen LogP contribution >= 0.6 is 0 Å². The second kappa shape index (κ2) is 7.74. The van der Waals surface area contributed by atoms with Crippen LogP contribution in [0, 0.1) is 0 Å². The van der Waals surface area contributed by atoms with E-state index in [-0.39, 0.29) is 0 Å². The van der Waals surface area contributed by atoms with Crippen LogP contribution in [0.2, 0.25) is 0 Å². The molecule has 0 spiro atoms. The number of nitrogens with zero attached hydrogens (tertiary/aromatic N) is 4. The molecule has 5 heteroatoms.